The van der Waals surface area contributed by atoms with Crippen molar-refractivity contribution in [2.45, 2.75) is 84.7 Å². The third kappa shape index (κ3) is 7.50. The molecule has 0 aromatic carbocycles. The fourth-order valence-electron chi connectivity index (χ4n) is 3.22. The molecule has 0 amide bonds. The molecule has 0 aromatic heterocycles. The lowest BCUT2D eigenvalue weighted by molar-refractivity contribution is -0.162. The summed E-state index contributed by atoms with van der Waals surface area (Å²) in [5, 5.41) is 9.32. The SMILES string of the molecule is CCCCC(CCCCC(C)C)OC(=O)C1CC=CCC1C(=O)O. The molecule has 0 saturated heterocycles. The van der Waals surface area contributed by atoms with Crippen LogP contribution in [0.3, 0.4) is 0 Å². The summed E-state index contributed by atoms with van der Waals surface area (Å²) in [6.45, 7) is 6.57. The van der Waals surface area contributed by atoms with Crippen molar-refractivity contribution >= 4 is 11.9 Å². The maximum atomic E-state index is 12.5. The number of rotatable bonds is 11. The Morgan fingerprint density at radius 3 is 2.21 bits per heavy atom. The number of aliphatic carboxylic acids is 1. The molecule has 4 heteroatoms. The van der Waals surface area contributed by atoms with Crippen LogP contribution in [0.4, 0.5) is 0 Å². The lowest BCUT2D eigenvalue weighted by Crippen LogP contribution is -2.34. The zero-order valence-corrected chi connectivity index (χ0v) is 15.5. The Labute approximate surface area is 146 Å². The minimum Gasteiger partial charge on any atom is -0.481 e. The van der Waals surface area contributed by atoms with Crippen LogP contribution in [0.5, 0.6) is 0 Å². The number of carboxylic acid groups (broad SMARTS) is 1. The van der Waals surface area contributed by atoms with Gasteiger partial charge in [-0.2, -0.15) is 0 Å². The van der Waals surface area contributed by atoms with E-state index >= 15 is 0 Å². The van der Waals surface area contributed by atoms with E-state index < -0.39 is 17.8 Å². The van der Waals surface area contributed by atoms with E-state index in [1.54, 1.807) is 0 Å². The summed E-state index contributed by atoms with van der Waals surface area (Å²) in [4.78, 5) is 23.9. The van der Waals surface area contributed by atoms with Crippen molar-refractivity contribution in [2.24, 2.45) is 17.8 Å². The molecule has 1 aliphatic carbocycles. The number of carbonyl (C=O) groups excluding carboxylic acids is 1. The number of hydrogen-bond acceptors (Lipinski definition) is 3. The molecular weight excluding hydrogens is 304 g/mol. The van der Waals surface area contributed by atoms with E-state index in [0.717, 1.165) is 38.5 Å². The molecule has 1 rings (SSSR count). The Bertz CT molecular complexity index is 414. The minimum absolute atomic E-state index is 0.0648. The second-order valence-corrected chi connectivity index (χ2v) is 7.37. The maximum Gasteiger partial charge on any atom is 0.310 e. The molecule has 0 radical (unpaired) electrons. The lowest BCUT2D eigenvalue weighted by atomic mass is 9.83. The highest BCUT2D eigenvalue weighted by Gasteiger charge is 2.36. The normalized spacial score (nSPS) is 21.7. The smallest absolute Gasteiger partial charge is 0.310 e. The van der Waals surface area contributed by atoms with Gasteiger partial charge in [0.25, 0.3) is 0 Å². The first kappa shape index (κ1) is 20.7. The molecular formula is C20H34O4. The number of unbranched alkanes of at least 4 members (excludes halogenated alkanes) is 2. The zero-order chi connectivity index (χ0) is 17.9. The highest BCUT2D eigenvalue weighted by Crippen LogP contribution is 2.28. The molecule has 138 valence electrons. The number of carbonyl (C=O) groups is 2. The van der Waals surface area contributed by atoms with Crippen LogP contribution < -0.4 is 0 Å². The fraction of sp³-hybridized carbons (Fsp3) is 0.800. The van der Waals surface area contributed by atoms with E-state index in [1.165, 1.54) is 6.42 Å². The molecule has 0 aromatic rings. The van der Waals surface area contributed by atoms with Crippen LogP contribution in [-0.4, -0.2) is 23.1 Å². The van der Waals surface area contributed by atoms with E-state index in [0.29, 0.717) is 18.8 Å². The Morgan fingerprint density at radius 2 is 1.62 bits per heavy atom. The van der Waals surface area contributed by atoms with Gasteiger partial charge in [-0.1, -0.05) is 58.6 Å². The minimum atomic E-state index is -0.900. The molecule has 0 saturated carbocycles. The number of ether oxygens (including phenoxy) is 1. The van der Waals surface area contributed by atoms with Crippen LogP contribution in [-0.2, 0) is 14.3 Å². The quantitative estimate of drug-likeness (QED) is 0.328. The molecule has 0 spiro atoms. The van der Waals surface area contributed by atoms with Gasteiger partial charge < -0.3 is 9.84 Å². The molecule has 1 N–H and O–H groups in total. The number of allylic oxidation sites excluding steroid dienone is 2. The zero-order valence-electron chi connectivity index (χ0n) is 15.5. The topological polar surface area (TPSA) is 63.6 Å². The highest BCUT2D eigenvalue weighted by atomic mass is 16.5. The van der Waals surface area contributed by atoms with Gasteiger partial charge in [-0.15, -0.1) is 0 Å². The van der Waals surface area contributed by atoms with Crippen molar-refractivity contribution in [2.75, 3.05) is 0 Å². The van der Waals surface area contributed by atoms with Crippen LogP contribution in [0.2, 0.25) is 0 Å². The summed E-state index contributed by atoms with van der Waals surface area (Å²) in [5.74, 6) is -1.70. The summed E-state index contributed by atoms with van der Waals surface area (Å²) in [7, 11) is 0. The second-order valence-electron chi connectivity index (χ2n) is 7.37. The van der Waals surface area contributed by atoms with E-state index in [1.807, 2.05) is 12.2 Å². The van der Waals surface area contributed by atoms with Crippen molar-refractivity contribution in [3.8, 4) is 0 Å². The van der Waals surface area contributed by atoms with E-state index in [2.05, 4.69) is 20.8 Å². The molecule has 0 heterocycles. The molecule has 3 atom stereocenters. The van der Waals surface area contributed by atoms with Gasteiger partial charge in [0, 0.05) is 0 Å². The van der Waals surface area contributed by atoms with Crippen molar-refractivity contribution in [3.63, 3.8) is 0 Å². The standard InChI is InChI=1S/C20H34O4/c1-4-5-11-16(12-7-6-10-15(2)3)24-20(23)18-14-9-8-13-17(18)19(21)22/h8-9,15-18H,4-7,10-14H2,1-3H3,(H,21,22). The Kier molecular flexibility index (Phi) is 9.73. The monoisotopic (exact) mass is 338 g/mol. The summed E-state index contributed by atoms with van der Waals surface area (Å²) >= 11 is 0. The summed E-state index contributed by atoms with van der Waals surface area (Å²) < 4.78 is 5.74. The average Bonchev–Trinajstić information content (AvgIpc) is 2.55. The Hall–Kier alpha value is -1.32. The third-order valence-electron chi connectivity index (χ3n) is 4.77. The fourth-order valence-corrected chi connectivity index (χ4v) is 3.22. The van der Waals surface area contributed by atoms with Crippen LogP contribution in [0, 0.1) is 17.8 Å². The highest BCUT2D eigenvalue weighted by molar-refractivity contribution is 5.81. The van der Waals surface area contributed by atoms with Gasteiger partial charge in [-0.3, -0.25) is 9.59 Å². The van der Waals surface area contributed by atoms with Gasteiger partial charge in [0.2, 0.25) is 0 Å². The molecule has 4 nitrogen and oxygen atoms in total. The van der Waals surface area contributed by atoms with Gasteiger partial charge in [0.1, 0.15) is 6.10 Å². The second kappa shape index (κ2) is 11.3. The predicted octanol–water partition coefficient (Wildman–Crippen LogP) is 4.97. The van der Waals surface area contributed by atoms with Crippen molar-refractivity contribution in [3.05, 3.63) is 12.2 Å². The molecule has 0 fully saturated rings. The van der Waals surface area contributed by atoms with E-state index in [9.17, 15) is 14.7 Å². The van der Waals surface area contributed by atoms with Crippen molar-refractivity contribution in [1.82, 2.24) is 0 Å². The summed E-state index contributed by atoms with van der Waals surface area (Å²) in [6, 6.07) is 0. The first-order valence-corrected chi connectivity index (χ1v) is 9.54. The summed E-state index contributed by atoms with van der Waals surface area (Å²) in [5.41, 5.74) is 0. The molecule has 3 unspecified atom stereocenters. The number of hydrogen-bond donors (Lipinski definition) is 1. The van der Waals surface area contributed by atoms with Gasteiger partial charge in [-0.25, -0.2) is 0 Å². The molecule has 0 aliphatic heterocycles. The third-order valence-corrected chi connectivity index (χ3v) is 4.77. The van der Waals surface area contributed by atoms with Gasteiger partial charge in [0.15, 0.2) is 0 Å². The van der Waals surface area contributed by atoms with Crippen LogP contribution in [0.25, 0.3) is 0 Å². The number of esters is 1. The Balaban J connectivity index is 2.55. The average molecular weight is 338 g/mol. The van der Waals surface area contributed by atoms with Crippen LogP contribution in [0.1, 0.15) is 78.6 Å². The molecule has 24 heavy (non-hydrogen) atoms. The van der Waals surface area contributed by atoms with Gasteiger partial charge >= 0.3 is 11.9 Å². The summed E-state index contributed by atoms with van der Waals surface area (Å²) in [6.07, 6.45) is 11.9. The van der Waals surface area contributed by atoms with Crippen LogP contribution >= 0.6 is 0 Å². The molecule has 1 aliphatic rings. The van der Waals surface area contributed by atoms with E-state index in [4.69, 9.17) is 4.74 Å². The first-order chi connectivity index (χ1) is 11.5. The van der Waals surface area contributed by atoms with Crippen molar-refractivity contribution in [1.29, 1.82) is 0 Å². The lowest BCUT2D eigenvalue weighted by Gasteiger charge is -2.26. The largest absolute Gasteiger partial charge is 0.481 e. The van der Waals surface area contributed by atoms with Gasteiger partial charge in [-0.05, 0) is 38.0 Å². The first-order valence-electron chi connectivity index (χ1n) is 9.54. The number of carboxylic acids is 1. The van der Waals surface area contributed by atoms with Crippen molar-refractivity contribution < 1.29 is 19.4 Å². The van der Waals surface area contributed by atoms with Crippen LogP contribution in [0.15, 0.2) is 12.2 Å². The maximum absolute atomic E-state index is 12.5. The van der Waals surface area contributed by atoms with E-state index in [-0.39, 0.29) is 12.1 Å². The van der Waals surface area contributed by atoms with Gasteiger partial charge in [0.05, 0.1) is 11.8 Å². The Morgan fingerprint density at radius 1 is 1.04 bits per heavy atom. The molecule has 0 bridgehead atoms. The predicted molar refractivity (Wildman–Crippen MR) is 95.7 cm³/mol.